The van der Waals surface area contributed by atoms with Crippen LogP contribution in [-0.2, 0) is 14.8 Å². The van der Waals surface area contributed by atoms with Crippen LogP contribution in [0.3, 0.4) is 0 Å². The SMILES string of the molecule is CC1CCCN(C(=O)C(C)NS(C)(=O)=O)C1. The molecule has 2 atom stereocenters. The van der Waals surface area contributed by atoms with Crippen molar-refractivity contribution in [2.75, 3.05) is 19.3 Å². The van der Waals surface area contributed by atoms with Crippen molar-refractivity contribution in [3.63, 3.8) is 0 Å². The fourth-order valence-electron chi connectivity index (χ4n) is 2.03. The Morgan fingerprint density at radius 1 is 1.50 bits per heavy atom. The Kier molecular flexibility index (Phi) is 4.32. The van der Waals surface area contributed by atoms with Gasteiger partial charge in [-0.2, -0.15) is 0 Å². The predicted octanol–water partition coefficient (Wildman–Crippen LogP) is 0.183. The van der Waals surface area contributed by atoms with Crippen molar-refractivity contribution in [2.45, 2.75) is 32.7 Å². The molecule has 1 amide bonds. The lowest BCUT2D eigenvalue weighted by Gasteiger charge is -2.32. The number of carbonyl (C=O) groups excluding carboxylic acids is 1. The van der Waals surface area contributed by atoms with E-state index in [0.717, 1.165) is 32.2 Å². The van der Waals surface area contributed by atoms with E-state index < -0.39 is 16.1 Å². The highest BCUT2D eigenvalue weighted by Crippen LogP contribution is 2.16. The third kappa shape index (κ3) is 4.09. The number of hydrogen-bond donors (Lipinski definition) is 1. The Hall–Kier alpha value is -0.620. The van der Waals surface area contributed by atoms with Crippen LogP contribution in [0.15, 0.2) is 0 Å². The molecule has 0 spiro atoms. The summed E-state index contributed by atoms with van der Waals surface area (Å²) in [7, 11) is -3.32. The average molecular weight is 248 g/mol. The Morgan fingerprint density at radius 3 is 2.62 bits per heavy atom. The van der Waals surface area contributed by atoms with Crippen LogP contribution in [0.1, 0.15) is 26.7 Å². The third-order valence-corrected chi connectivity index (χ3v) is 3.51. The van der Waals surface area contributed by atoms with E-state index >= 15 is 0 Å². The maximum absolute atomic E-state index is 11.9. The van der Waals surface area contributed by atoms with Gasteiger partial charge in [-0.05, 0) is 25.7 Å². The van der Waals surface area contributed by atoms with Crippen LogP contribution in [0.4, 0.5) is 0 Å². The first kappa shape index (κ1) is 13.4. The minimum atomic E-state index is -3.32. The van der Waals surface area contributed by atoms with Gasteiger partial charge in [-0.3, -0.25) is 4.79 Å². The summed E-state index contributed by atoms with van der Waals surface area (Å²) in [5.41, 5.74) is 0. The molecule has 1 heterocycles. The van der Waals surface area contributed by atoms with E-state index in [-0.39, 0.29) is 5.91 Å². The number of rotatable bonds is 3. The number of nitrogens with zero attached hydrogens (tertiary/aromatic N) is 1. The highest BCUT2D eigenvalue weighted by Gasteiger charge is 2.26. The van der Waals surface area contributed by atoms with E-state index in [4.69, 9.17) is 0 Å². The number of sulfonamides is 1. The van der Waals surface area contributed by atoms with E-state index in [0.29, 0.717) is 5.92 Å². The van der Waals surface area contributed by atoms with Crippen LogP contribution in [0.2, 0.25) is 0 Å². The molecule has 1 saturated heterocycles. The summed E-state index contributed by atoms with van der Waals surface area (Å²) in [6.07, 6.45) is 3.20. The maximum atomic E-state index is 11.9. The van der Waals surface area contributed by atoms with E-state index in [9.17, 15) is 13.2 Å². The van der Waals surface area contributed by atoms with Gasteiger partial charge in [0.1, 0.15) is 0 Å². The van der Waals surface area contributed by atoms with Crippen LogP contribution in [0, 0.1) is 5.92 Å². The van der Waals surface area contributed by atoms with E-state index in [2.05, 4.69) is 11.6 Å². The molecule has 0 radical (unpaired) electrons. The average Bonchev–Trinajstić information content (AvgIpc) is 2.14. The Morgan fingerprint density at radius 2 is 2.12 bits per heavy atom. The van der Waals surface area contributed by atoms with Crippen molar-refractivity contribution in [1.82, 2.24) is 9.62 Å². The summed E-state index contributed by atoms with van der Waals surface area (Å²) < 4.78 is 24.3. The molecule has 0 saturated carbocycles. The smallest absolute Gasteiger partial charge is 0.240 e. The molecule has 1 fully saturated rings. The minimum absolute atomic E-state index is 0.128. The van der Waals surface area contributed by atoms with Crippen LogP contribution < -0.4 is 4.72 Å². The molecule has 0 aromatic rings. The Labute approximate surface area is 97.2 Å². The molecular formula is C10H20N2O3S. The largest absolute Gasteiger partial charge is 0.341 e. The fraction of sp³-hybridized carbons (Fsp3) is 0.900. The van der Waals surface area contributed by atoms with Crippen LogP contribution in [0.5, 0.6) is 0 Å². The van der Waals surface area contributed by atoms with E-state index in [1.807, 2.05) is 0 Å². The van der Waals surface area contributed by atoms with Gasteiger partial charge in [-0.15, -0.1) is 0 Å². The van der Waals surface area contributed by atoms with Crippen molar-refractivity contribution in [1.29, 1.82) is 0 Å². The number of carbonyl (C=O) groups is 1. The van der Waals surface area contributed by atoms with Gasteiger partial charge in [0.2, 0.25) is 15.9 Å². The lowest BCUT2D eigenvalue weighted by molar-refractivity contribution is -0.134. The first-order chi connectivity index (χ1) is 7.29. The van der Waals surface area contributed by atoms with Gasteiger partial charge < -0.3 is 4.90 Å². The summed E-state index contributed by atoms with van der Waals surface area (Å²) in [5.74, 6) is 0.375. The Balaban J connectivity index is 2.56. The first-order valence-corrected chi connectivity index (χ1v) is 7.45. The van der Waals surface area contributed by atoms with Crippen LogP contribution in [-0.4, -0.2) is 44.6 Å². The summed E-state index contributed by atoms with van der Waals surface area (Å²) >= 11 is 0. The molecule has 0 aromatic heterocycles. The van der Waals surface area contributed by atoms with Crippen molar-refractivity contribution in [3.8, 4) is 0 Å². The summed E-state index contributed by atoms with van der Waals surface area (Å²) in [4.78, 5) is 13.7. The molecule has 0 aromatic carbocycles. The van der Waals surface area contributed by atoms with Crippen LogP contribution in [0.25, 0.3) is 0 Å². The highest BCUT2D eigenvalue weighted by molar-refractivity contribution is 7.88. The second-order valence-electron chi connectivity index (χ2n) is 4.64. The molecule has 2 unspecified atom stereocenters. The summed E-state index contributed by atoms with van der Waals surface area (Å²) in [5, 5.41) is 0. The molecule has 1 rings (SSSR count). The number of nitrogens with one attached hydrogen (secondary N) is 1. The van der Waals surface area contributed by atoms with Crippen molar-refractivity contribution >= 4 is 15.9 Å². The lowest BCUT2D eigenvalue weighted by Crippen LogP contribution is -2.49. The summed E-state index contributed by atoms with van der Waals surface area (Å²) in [6.45, 7) is 5.16. The fourth-order valence-corrected chi connectivity index (χ4v) is 2.78. The Bertz CT molecular complexity index is 353. The molecule has 1 aliphatic heterocycles. The maximum Gasteiger partial charge on any atom is 0.240 e. The molecule has 0 bridgehead atoms. The minimum Gasteiger partial charge on any atom is -0.341 e. The van der Waals surface area contributed by atoms with Crippen molar-refractivity contribution < 1.29 is 13.2 Å². The van der Waals surface area contributed by atoms with Gasteiger partial charge in [0.15, 0.2) is 0 Å². The molecule has 6 heteroatoms. The van der Waals surface area contributed by atoms with Gasteiger partial charge in [0, 0.05) is 13.1 Å². The lowest BCUT2D eigenvalue weighted by atomic mass is 10.00. The summed E-state index contributed by atoms with van der Waals surface area (Å²) in [6, 6.07) is -0.666. The monoisotopic (exact) mass is 248 g/mol. The zero-order valence-corrected chi connectivity index (χ0v) is 10.9. The van der Waals surface area contributed by atoms with Gasteiger partial charge >= 0.3 is 0 Å². The number of piperidine rings is 1. The van der Waals surface area contributed by atoms with Gasteiger partial charge in [0.25, 0.3) is 0 Å². The van der Waals surface area contributed by atoms with E-state index in [1.54, 1.807) is 11.8 Å². The predicted molar refractivity (Wildman–Crippen MR) is 62.4 cm³/mol. The van der Waals surface area contributed by atoms with Crippen molar-refractivity contribution in [2.24, 2.45) is 5.92 Å². The first-order valence-electron chi connectivity index (χ1n) is 5.55. The zero-order valence-electron chi connectivity index (χ0n) is 10.1. The molecule has 1 N–H and O–H groups in total. The zero-order chi connectivity index (χ0) is 12.3. The number of amides is 1. The molecule has 94 valence electrons. The molecular weight excluding hydrogens is 228 g/mol. The third-order valence-electron chi connectivity index (χ3n) is 2.73. The molecule has 0 aliphatic carbocycles. The number of hydrogen-bond acceptors (Lipinski definition) is 3. The quantitative estimate of drug-likeness (QED) is 0.775. The molecule has 1 aliphatic rings. The van der Waals surface area contributed by atoms with Gasteiger partial charge in [-0.25, -0.2) is 13.1 Å². The van der Waals surface area contributed by atoms with Gasteiger partial charge in [0.05, 0.1) is 12.3 Å². The van der Waals surface area contributed by atoms with Crippen molar-refractivity contribution in [3.05, 3.63) is 0 Å². The molecule has 5 nitrogen and oxygen atoms in total. The van der Waals surface area contributed by atoms with Gasteiger partial charge in [-0.1, -0.05) is 6.92 Å². The second-order valence-corrected chi connectivity index (χ2v) is 6.42. The standard InChI is InChI=1S/C10H20N2O3S/c1-8-5-4-6-12(7-8)10(13)9(2)11-16(3,14)15/h8-9,11H,4-7H2,1-3H3. The normalized spacial score (nSPS) is 24.2. The highest BCUT2D eigenvalue weighted by atomic mass is 32.2. The van der Waals surface area contributed by atoms with E-state index in [1.165, 1.54) is 0 Å². The number of likely N-dealkylation sites (tertiary alicyclic amines) is 1. The molecule has 16 heavy (non-hydrogen) atoms. The topological polar surface area (TPSA) is 66.5 Å². The second kappa shape index (κ2) is 5.14. The van der Waals surface area contributed by atoms with Crippen LogP contribution >= 0.6 is 0 Å².